The van der Waals surface area contributed by atoms with Crippen molar-refractivity contribution in [2.75, 3.05) is 6.61 Å². The first-order valence-corrected chi connectivity index (χ1v) is 3.71. The number of aliphatic hydroxyl groups excluding tert-OH is 1. The van der Waals surface area contributed by atoms with E-state index in [1.807, 2.05) is 0 Å². The summed E-state index contributed by atoms with van der Waals surface area (Å²) in [7, 11) is 0. The highest BCUT2D eigenvalue weighted by molar-refractivity contribution is 7.13. The van der Waals surface area contributed by atoms with Crippen LogP contribution in [0.2, 0.25) is 0 Å². The highest BCUT2D eigenvalue weighted by atomic mass is 32.1. The molecule has 0 amide bonds. The van der Waals surface area contributed by atoms with Crippen LogP contribution >= 0.6 is 11.3 Å². The van der Waals surface area contributed by atoms with E-state index in [0.29, 0.717) is 0 Å². The molecule has 0 saturated carbocycles. The molecule has 0 spiro atoms. The number of hydrogen-bond donors (Lipinski definition) is 3. The van der Waals surface area contributed by atoms with Crippen LogP contribution in [-0.2, 0) is 0 Å². The third-order valence-corrected chi connectivity index (χ3v) is 2.19. The zero-order valence-corrected chi connectivity index (χ0v) is 6.14. The Morgan fingerprint density at radius 1 is 1.60 bits per heavy atom. The number of aromatic hydroxyl groups is 1. The van der Waals surface area contributed by atoms with Crippen LogP contribution in [-0.4, -0.2) is 16.8 Å². The van der Waals surface area contributed by atoms with Gasteiger partial charge in [0, 0.05) is 4.88 Å². The molecule has 0 radical (unpaired) electrons. The summed E-state index contributed by atoms with van der Waals surface area (Å²) in [5, 5.41) is 17.7. The molecule has 0 bridgehead atoms. The Balaban J connectivity index is 2.74. The van der Waals surface area contributed by atoms with Crippen LogP contribution in [0, 0.1) is 0 Å². The molecular formula is C6H9NO2S. The molecule has 1 atom stereocenters. The van der Waals surface area contributed by atoms with Crippen molar-refractivity contribution in [1.82, 2.24) is 0 Å². The van der Waals surface area contributed by atoms with E-state index in [1.165, 1.54) is 11.3 Å². The Bertz CT molecular complexity index is 211. The van der Waals surface area contributed by atoms with Crippen molar-refractivity contribution in [3.05, 3.63) is 17.0 Å². The quantitative estimate of drug-likeness (QED) is 0.586. The minimum atomic E-state index is -0.356. The van der Waals surface area contributed by atoms with Crippen LogP contribution in [0.25, 0.3) is 0 Å². The van der Waals surface area contributed by atoms with Gasteiger partial charge in [-0.2, -0.15) is 0 Å². The van der Waals surface area contributed by atoms with Crippen molar-refractivity contribution >= 4 is 11.3 Å². The van der Waals surface area contributed by atoms with Crippen LogP contribution in [0.5, 0.6) is 5.06 Å². The van der Waals surface area contributed by atoms with Crippen LogP contribution in [0.15, 0.2) is 12.1 Å². The molecule has 56 valence electrons. The van der Waals surface area contributed by atoms with Crippen LogP contribution in [0.4, 0.5) is 0 Å². The van der Waals surface area contributed by atoms with Gasteiger partial charge >= 0.3 is 0 Å². The van der Waals surface area contributed by atoms with Gasteiger partial charge < -0.3 is 15.9 Å². The van der Waals surface area contributed by atoms with E-state index in [4.69, 9.17) is 15.9 Å². The zero-order valence-electron chi connectivity index (χ0n) is 5.32. The fourth-order valence-corrected chi connectivity index (χ4v) is 1.37. The standard InChI is InChI=1S/C6H9NO2S/c7-4(3-8)5-1-2-6(9)10-5/h1-2,4,8-9H,3,7H2. The maximum atomic E-state index is 8.88. The van der Waals surface area contributed by atoms with E-state index in [2.05, 4.69) is 0 Å². The number of thiophene rings is 1. The van der Waals surface area contributed by atoms with Gasteiger partial charge in [0.1, 0.15) is 0 Å². The van der Waals surface area contributed by atoms with Gasteiger partial charge in [-0.15, -0.1) is 11.3 Å². The first-order valence-electron chi connectivity index (χ1n) is 2.89. The minimum absolute atomic E-state index is 0.0834. The second kappa shape index (κ2) is 3.01. The predicted octanol–water partition coefficient (Wildman–Crippen LogP) is 0.446. The highest BCUT2D eigenvalue weighted by Crippen LogP contribution is 2.26. The SMILES string of the molecule is NC(CO)c1ccc(O)s1. The first-order chi connectivity index (χ1) is 4.74. The summed E-state index contributed by atoms with van der Waals surface area (Å²) in [5.74, 6) is 0. The third-order valence-electron chi connectivity index (χ3n) is 1.17. The molecule has 1 aromatic heterocycles. The van der Waals surface area contributed by atoms with Gasteiger partial charge in [-0.25, -0.2) is 0 Å². The Morgan fingerprint density at radius 3 is 2.70 bits per heavy atom. The molecule has 0 aromatic carbocycles. The molecule has 3 nitrogen and oxygen atoms in total. The molecule has 0 fully saturated rings. The van der Waals surface area contributed by atoms with Gasteiger partial charge in [0.25, 0.3) is 0 Å². The topological polar surface area (TPSA) is 66.5 Å². The second-order valence-corrected chi connectivity index (χ2v) is 3.06. The Morgan fingerprint density at radius 2 is 2.30 bits per heavy atom. The van der Waals surface area contributed by atoms with E-state index in [-0.39, 0.29) is 17.7 Å². The average Bonchev–Trinajstić information content (AvgIpc) is 2.34. The largest absolute Gasteiger partial charge is 0.499 e. The van der Waals surface area contributed by atoms with Gasteiger partial charge in [-0.3, -0.25) is 0 Å². The molecule has 10 heavy (non-hydrogen) atoms. The lowest BCUT2D eigenvalue weighted by Gasteiger charge is -2.01. The monoisotopic (exact) mass is 159 g/mol. The molecule has 0 aliphatic rings. The minimum Gasteiger partial charge on any atom is -0.499 e. The zero-order chi connectivity index (χ0) is 7.56. The lowest BCUT2D eigenvalue weighted by Crippen LogP contribution is -2.12. The van der Waals surface area contributed by atoms with Crippen molar-refractivity contribution in [3.63, 3.8) is 0 Å². The molecule has 0 aliphatic carbocycles. The summed E-state index contributed by atoms with van der Waals surface area (Å²) in [5.41, 5.74) is 5.46. The average molecular weight is 159 g/mol. The van der Waals surface area contributed by atoms with Crippen LogP contribution in [0.1, 0.15) is 10.9 Å². The number of nitrogens with two attached hydrogens (primary N) is 1. The molecule has 4 N–H and O–H groups in total. The van der Waals surface area contributed by atoms with Crippen molar-refractivity contribution in [2.45, 2.75) is 6.04 Å². The number of aliphatic hydroxyl groups is 1. The smallest absolute Gasteiger partial charge is 0.171 e. The molecule has 1 heterocycles. The van der Waals surface area contributed by atoms with E-state index in [0.717, 1.165) is 4.88 Å². The van der Waals surface area contributed by atoms with Gasteiger partial charge in [0.2, 0.25) is 0 Å². The maximum Gasteiger partial charge on any atom is 0.171 e. The van der Waals surface area contributed by atoms with E-state index in [1.54, 1.807) is 12.1 Å². The van der Waals surface area contributed by atoms with Gasteiger partial charge in [-0.1, -0.05) is 0 Å². The summed E-state index contributed by atoms with van der Waals surface area (Å²) in [6.07, 6.45) is 0. The summed E-state index contributed by atoms with van der Waals surface area (Å²) in [6, 6.07) is 2.92. The highest BCUT2D eigenvalue weighted by Gasteiger charge is 2.06. The van der Waals surface area contributed by atoms with Crippen molar-refractivity contribution < 1.29 is 10.2 Å². The summed E-state index contributed by atoms with van der Waals surface area (Å²) in [6.45, 7) is -0.0834. The summed E-state index contributed by atoms with van der Waals surface area (Å²) < 4.78 is 0. The number of rotatable bonds is 2. The lowest BCUT2D eigenvalue weighted by molar-refractivity contribution is 0.269. The summed E-state index contributed by atoms with van der Waals surface area (Å²) >= 11 is 1.19. The Kier molecular flexibility index (Phi) is 2.26. The van der Waals surface area contributed by atoms with Crippen molar-refractivity contribution in [3.8, 4) is 5.06 Å². The van der Waals surface area contributed by atoms with Gasteiger partial charge in [0.15, 0.2) is 5.06 Å². The van der Waals surface area contributed by atoms with E-state index < -0.39 is 0 Å². The molecule has 1 rings (SSSR count). The third kappa shape index (κ3) is 1.47. The molecule has 0 aliphatic heterocycles. The van der Waals surface area contributed by atoms with Gasteiger partial charge in [-0.05, 0) is 12.1 Å². The predicted molar refractivity (Wildman–Crippen MR) is 40.0 cm³/mol. The molecule has 1 aromatic rings. The fourth-order valence-electron chi connectivity index (χ4n) is 0.631. The van der Waals surface area contributed by atoms with E-state index >= 15 is 0 Å². The maximum absolute atomic E-state index is 8.88. The van der Waals surface area contributed by atoms with Crippen molar-refractivity contribution in [1.29, 1.82) is 0 Å². The second-order valence-electron chi connectivity index (χ2n) is 1.97. The Hall–Kier alpha value is -0.580. The Labute approximate surface area is 62.7 Å². The van der Waals surface area contributed by atoms with Crippen LogP contribution in [0.3, 0.4) is 0 Å². The number of hydrogen-bond acceptors (Lipinski definition) is 4. The molecule has 0 saturated heterocycles. The molecular weight excluding hydrogens is 150 g/mol. The lowest BCUT2D eigenvalue weighted by atomic mass is 10.3. The van der Waals surface area contributed by atoms with E-state index in [9.17, 15) is 0 Å². The fraction of sp³-hybridized carbons (Fsp3) is 0.333. The first kappa shape index (κ1) is 7.53. The van der Waals surface area contributed by atoms with Gasteiger partial charge in [0.05, 0.1) is 12.6 Å². The van der Waals surface area contributed by atoms with Crippen molar-refractivity contribution in [2.24, 2.45) is 5.73 Å². The molecule has 1 unspecified atom stereocenters. The normalized spacial score (nSPS) is 13.4. The summed E-state index contributed by atoms with van der Waals surface area (Å²) in [4.78, 5) is 0.806. The molecule has 4 heteroatoms. The van der Waals surface area contributed by atoms with Crippen LogP contribution < -0.4 is 5.73 Å².